The standard InChI is InChI=1S/C11H11NO3/c13-9-6-8(10(12-9)11(14)15)7-4-2-1-3-5-7/h1-5,8,10H,6H2,(H,12,13)(H,14,15)/t8-,10-/m0/s1. The molecule has 78 valence electrons. The molecule has 4 heteroatoms. The third-order valence-corrected chi connectivity index (χ3v) is 2.62. The number of rotatable bonds is 2. The lowest BCUT2D eigenvalue weighted by Crippen LogP contribution is -2.35. The molecule has 1 aromatic rings. The minimum atomic E-state index is -0.977. The Morgan fingerprint density at radius 3 is 2.60 bits per heavy atom. The predicted octanol–water partition coefficient (Wildman–Crippen LogP) is 0.743. The second kappa shape index (κ2) is 3.73. The number of carboxylic acids is 1. The number of carbonyl (C=O) groups excluding carboxylic acids is 1. The lowest BCUT2D eigenvalue weighted by Gasteiger charge is -2.14. The van der Waals surface area contributed by atoms with Gasteiger partial charge in [0.25, 0.3) is 0 Å². The fourth-order valence-electron chi connectivity index (χ4n) is 1.89. The summed E-state index contributed by atoms with van der Waals surface area (Å²) in [7, 11) is 0. The maximum absolute atomic E-state index is 11.2. The van der Waals surface area contributed by atoms with E-state index in [0.29, 0.717) is 0 Å². The van der Waals surface area contributed by atoms with Crippen molar-refractivity contribution in [2.75, 3.05) is 0 Å². The van der Waals surface area contributed by atoms with Gasteiger partial charge < -0.3 is 10.4 Å². The van der Waals surface area contributed by atoms with Crippen molar-refractivity contribution in [1.82, 2.24) is 5.32 Å². The molecule has 2 atom stereocenters. The second-order valence-corrected chi connectivity index (χ2v) is 3.60. The first-order chi connectivity index (χ1) is 7.18. The van der Waals surface area contributed by atoms with Gasteiger partial charge in [-0.1, -0.05) is 30.3 Å². The molecule has 0 unspecified atom stereocenters. The molecule has 1 heterocycles. The molecule has 2 N–H and O–H groups in total. The van der Waals surface area contributed by atoms with Gasteiger partial charge >= 0.3 is 5.97 Å². The quantitative estimate of drug-likeness (QED) is 0.748. The van der Waals surface area contributed by atoms with Crippen LogP contribution in [0.1, 0.15) is 17.9 Å². The van der Waals surface area contributed by atoms with Crippen LogP contribution in [-0.2, 0) is 9.59 Å². The predicted molar refractivity (Wildman–Crippen MR) is 53.4 cm³/mol. The van der Waals surface area contributed by atoms with Gasteiger partial charge in [-0.05, 0) is 5.56 Å². The summed E-state index contributed by atoms with van der Waals surface area (Å²) in [6, 6.07) is 8.46. The smallest absolute Gasteiger partial charge is 0.326 e. The molecule has 1 aliphatic heterocycles. The molecule has 0 radical (unpaired) electrons. The molecule has 1 saturated heterocycles. The molecule has 2 rings (SSSR count). The van der Waals surface area contributed by atoms with Crippen molar-refractivity contribution in [2.45, 2.75) is 18.4 Å². The van der Waals surface area contributed by atoms with Crippen LogP contribution in [0.4, 0.5) is 0 Å². The first-order valence-corrected chi connectivity index (χ1v) is 4.75. The van der Waals surface area contributed by atoms with E-state index < -0.39 is 12.0 Å². The van der Waals surface area contributed by atoms with Crippen LogP contribution in [0, 0.1) is 0 Å². The Morgan fingerprint density at radius 2 is 2.00 bits per heavy atom. The highest BCUT2D eigenvalue weighted by Gasteiger charge is 2.38. The molecular formula is C11H11NO3. The van der Waals surface area contributed by atoms with Gasteiger partial charge in [-0.2, -0.15) is 0 Å². The second-order valence-electron chi connectivity index (χ2n) is 3.60. The summed E-state index contributed by atoms with van der Waals surface area (Å²) >= 11 is 0. The van der Waals surface area contributed by atoms with E-state index in [9.17, 15) is 9.59 Å². The van der Waals surface area contributed by atoms with E-state index in [0.717, 1.165) is 5.56 Å². The maximum Gasteiger partial charge on any atom is 0.326 e. The number of carbonyl (C=O) groups is 2. The summed E-state index contributed by atoms with van der Waals surface area (Å²) in [6.45, 7) is 0. The normalized spacial score (nSPS) is 24.9. The van der Waals surface area contributed by atoms with Crippen LogP contribution in [-0.4, -0.2) is 23.0 Å². The van der Waals surface area contributed by atoms with Crippen LogP contribution in [0.15, 0.2) is 30.3 Å². The number of benzene rings is 1. The lowest BCUT2D eigenvalue weighted by molar-refractivity contribution is -0.140. The van der Waals surface area contributed by atoms with Crippen molar-refractivity contribution in [3.05, 3.63) is 35.9 Å². The zero-order valence-electron chi connectivity index (χ0n) is 8.01. The van der Waals surface area contributed by atoms with Crippen molar-refractivity contribution in [2.24, 2.45) is 0 Å². The minimum absolute atomic E-state index is 0.198. The zero-order valence-corrected chi connectivity index (χ0v) is 8.01. The summed E-state index contributed by atoms with van der Waals surface area (Å²) in [5.41, 5.74) is 0.892. The number of hydrogen-bond donors (Lipinski definition) is 2. The average molecular weight is 205 g/mol. The van der Waals surface area contributed by atoms with Gasteiger partial charge in [0.1, 0.15) is 6.04 Å². The highest BCUT2D eigenvalue weighted by atomic mass is 16.4. The van der Waals surface area contributed by atoms with E-state index in [1.54, 1.807) is 0 Å². The van der Waals surface area contributed by atoms with Crippen molar-refractivity contribution in [1.29, 1.82) is 0 Å². The molecule has 0 bridgehead atoms. The van der Waals surface area contributed by atoms with Gasteiger partial charge in [-0.3, -0.25) is 4.79 Å². The van der Waals surface area contributed by atoms with Gasteiger partial charge in [0.05, 0.1) is 0 Å². The highest BCUT2D eigenvalue weighted by molar-refractivity contribution is 5.89. The van der Waals surface area contributed by atoms with Crippen molar-refractivity contribution in [3.8, 4) is 0 Å². The van der Waals surface area contributed by atoms with Crippen molar-refractivity contribution in [3.63, 3.8) is 0 Å². The van der Waals surface area contributed by atoms with Crippen LogP contribution < -0.4 is 5.32 Å². The van der Waals surface area contributed by atoms with Crippen LogP contribution in [0.3, 0.4) is 0 Å². The van der Waals surface area contributed by atoms with Crippen LogP contribution in [0.5, 0.6) is 0 Å². The van der Waals surface area contributed by atoms with Gasteiger partial charge in [-0.25, -0.2) is 4.79 Å². The minimum Gasteiger partial charge on any atom is -0.480 e. The van der Waals surface area contributed by atoms with E-state index in [2.05, 4.69) is 5.32 Å². The highest BCUT2D eigenvalue weighted by Crippen LogP contribution is 2.28. The monoisotopic (exact) mass is 205 g/mol. The zero-order chi connectivity index (χ0) is 10.8. The molecule has 4 nitrogen and oxygen atoms in total. The van der Waals surface area contributed by atoms with E-state index in [-0.39, 0.29) is 18.2 Å². The summed E-state index contributed by atoms with van der Waals surface area (Å²) in [5, 5.41) is 11.4. The van der Waals surface area contributed by atoms with Gasteiger partial charge in [0, 0.05) is 12.3 Å². The summed E-state index contributed by atoms with van der Waals surface area (Å²) in [4.78, 5) is 22.1. The summed E-state index contributed by atoms with van der Waals surface area (Å²) < 4.78 is 0. The summed E-state index contributed by atoms with van der Waals surface area (Å²) in [5.74, 6) is -1.43. The molecule has 0 saturated carbocycles. The van der Waals surface area contributed by atoms with Gasteiger partial charge in [-0.15, -0.1) is 0 Å². The Balaban J connectivity index is 2.28. The Labute approximate surface area is 86.9 Å². The molecule has 0 aromatic heterocycles. The van der Waals surface area contributed by atoms with Crippen LogP contribution in [0.2, 0.25) is 0 Å². The van der Waals surface area contributed by atoms with Crippen molar-refractivity contribution >= 4 is 11.9 Å². The fraction of sp³-hybridized carbons (Fsp3) is 0.273. The molecule has 1 aromatic carbocycles. The van der Waals surface area contributed by atoms with E-state index in [4.69, 9.17) is 5.11 Å². The Bertz CT molecular complexity index is 388. The number of hydrogen-bond acceptors (Lipinski definition) is 2. The largest absolute Gasteiger partial charge is 0.480 e. The molecule has 1 fully saturated rings. The molecule has 0 aliphatic carbocycles. The first kappa shape index (κ1) is 9.71. The fourth-order valence-corrected chi connectivity index (χ4v) is 1.89. The Kier molecular flexibility index (Phi) is 2.41. The first-order valence-electron chi connectivity index (χ1n) is 4.75. The molecule has 1 aliphatic rings. The van der Waals surface area contributed by atoms with Gasteiger partial charge in [0.15, 0.2) is 0 Å². The molecular weight excluding hydrogens is 194 g/mol. The molecule has 1 amide bonds. The maximum atomic E-state index is 11.2. The van der Waals surface area contributed by atoms with E-state index >= 15 is 0 Å². The lowest BCUT2D eigenvalue weighted by atomic mass is 9.92. The number of carboxylic acid groups (broad SMARTS) is 1. The third-order valence-electron chi connectivity index (χ3n) is 2.62. The topological polar surface area (TPSA) is 66.4 Å². The molecule has 0 spiro atoms. The summed E-state index contributed by atoms with van der Waals surface area (Å²) in [6.07, 6.45) is 0.251. The Hall–Kier alpha value is -1.84. The number of aliphatic carboxylic acids is 1. The van der Waals surface area contributed by atoms with E-state index in [1.165, 1.54) is 0 Å². The van der Waals surface area contributed by atoms with E-state index in [1.807, 2.05) is 30.3 Å². The number of nitrogens with one attached hydrogen (secondary N) is 1. The third kappa shape index (κ3) is 1.83. The average Bonchev–Trinajstić information content (AvgIpc) is 2.62. The Morgan fingerprint density at radius 1 is 1.33 bits per heavy atom. The van der Waals surface area contributed by atoms with Crippen molar-refractivity contribution < 1.29 is 14.7 Å². The van der Waals surface area contributed by atoms with Gasteiger partial charge in [0.2, 0.25) is 5.91 Å². The van der Waals surface area contributed by atoms with Crippen LogP contribution in [0.25, 0.3) is 0 Å². The molecule has 15 heavy (non-hydrogen) atoms. The number of amides is 1. The van der Waals surface area contributed by atoms with Crippen LogP contribution >= 0.6 is 0 Å². The SMILES string of the molecule is O=C1C[C@@H](c2ccccc2)[C@@H](C(=O)O)N1.